The molecule has 0 fully saturated rings. The summed E-state index contributed by atoms with van der Waals surface area (Å²) in [4.78, 5) is 24.7. The molecule has 0 N–H and O–H groups in total. The monoisotopic (exact) mass is 583 g/mol. The maximum atomic E-state index is 12.5. The van der Waals surface area contributed by atoms with E-state index in [2.05, 4.69) is 47.8 Å². The molecule has 2 rings (SSSR count). The molecule has 7 nitrogen and oxygen atoms in total. The molecule has 2 aromatic carbocycles. The van der Waals surface area contributed by atoms with Gasteiger partial charge in [0.05, 0.1) is 35.9 Å². The van der Waals surface area contributed by atoms with Crippen molar-refractivity contribution >= 4 is 69.8 Å². The molecule has 0 atom stereocenters. The molecular weight excluding hydrogens is 576 g/mol. The number of carbonyl (C=O) groups is 2. The Morgan fingerprint density at radius 3 is 2.00 bits per heavy atom. The van der Waals surface area contributed by atoms with E-state index >= 15 is 0 Å². The molecule has 0 spiro atoms. The van der Waals surface area contributed by atoms with Crippen molar-refractivity contribution in [2.45, 2.75) is 0 Å². The van der Waals surface area contributed by atoms with Gasteiger partial charge in [0, 0.05) is 4.47 Å². The maximum Gasteiger partial charge on any atom is 0.344 e. The van der Waals surface area contributed by atoms with Gasteiger partial charge < -0.3 is 14.0 Å². The van der Waals surface area contributed by atoms with Crippen LogP contribution in [0, 0.1) is 0 Å². The summed E-state index contributed by atoms with van der Waals surface area (Å²) < 4.78 is 43.6. The van der Waals surface area contributed by atoms with E-state index in [1.807, 2.05) is 0 Å². The second-order valence-electron chi connectivity index (χ2n) is 5.03. The van der Waals surface area contributed by atoms with Crippen molar-refractivity contribution in [3.05, 3.63) is 60.9 Å². The zero-order valence-electron chi connectivity index (χ0n) is 13.3. The Morgan fingerprint density at radius 1 is 0.963 bits per heavy atom. The molecule has 0 aliphatic carbocycles. The van der Waals surface area contributed by atoms with Gasteiger partial charge >= 0.3 is 11.9 Å². The highest BCUT2D eigenvalue weighted by Crippen LogP contribution is 2.37. The molecule has 27 heavy (non-hydrogen) atoms. The van der Waals surface area contributed by atoms with Crippen LogP contribution in [-0.2, 0) is 14.9 Å². The number of halogens is 3. The summed E-state index contributed by atoms with van der Waals surface area (Å²) in [5, 5.41) is 0. The Balaban J connectivity index is 2.22. The molecule has 2 aromatic rings. The summed E-state index contributed by atoms with van der Waals surface area (Å²) in [6.07, 6.45) is 0. The first-order chi connectivity index (χ1) is 12.6. The zero-order valence-corrected chi connectivity index (χ0v) is 18.9. The highest BCUT2D eigenvalue weighted by atomic mass is 79.9. The lowest BCUT2D eigenvalue weighted by Crippen LogP contribution is -2.19. The standard InChI is InChI=1S/C16H11Br3O7S/c17-9-7-12(18)14(13(19)8-9)26-16(21)11-4-2-1-3-10(11)15(20)25-5-6-27(22,23)24/h1-4,7-8H,5-6H2,(H,22,23,24)/p-1. The second-order valence-corrected chi connectivity index (χ2v) is 9.18. The molecule has 0 radical (unpaired) electrons. The summed E-state index contributed by atoms with van der Waals surface area (Å²) >= 11 is 9.87. The zero-order chi connectivity index (χ0) is 20.2. The van der Waals surface area contributed by atoms with Crippen LogP contribution in [-0.4, -0.2) is 37.3 Å². The summed E-state index contributed by atoms with van der Waals surface area (Å²) in [6, 6.07) is 9.08. The van der Waals surface area contributed by atoms with Gasteiger partial charge in [0.1, 0.15) is 6.61 Å². The van der Waals surface area contributed by atoms with Crippen LogP contribution in [0.2, 0.25) is 0 Å². The molecule has 0 aromatic heterocycles. The minimum absolute atomic E-state index is 0.0748. The van der Waals surface area contributed by atoms with Crippen LogP contribution in [0.15, 0.2) is 49.8 Å². The van der Waals surface area contributed by atoms with Gasteiger partial charge in [-0.3, -0.25) is 0 Å². The van der Waals surface area contributed by atoms with Crippen molar-refractivity contribution in [1.82, 2.24) is 0 Å². The van der Waals surface area contributed by atoms with Gasteiger partial charge in [-0.1, -0.05) is 28.1 Å². The van der Waals surface area contributed by atoms with Crippen LogP contribution in [0.1, 0.15) is 20.7 Å². The molecule has 0 unspecified atom stereocenters. The quantitative estimate of drug-likeness (QED) is 0.287. The smallest absolute Gasteiger partial charge is 0.344 e. The number of esters is 2. The van der Waals surface area contributed by atoms with Crippen molar-refractivity contribution in [3.63, 3.8) is 0 Å². The lowest BCUT2D eigenvalue weighted by atomic mass is 10.1. The van der Waals surface area contributed by atoms with Crippen molar-refractivity contribution in [3.8, 4) is 5.75 Å². The van der Waals surface area contributed by atoms with E-state index < -0.39 is 34.4 Å². The van der Waals surface area contributed by atoms with E-state index in [-0.39, 0.29) is 16.9 Å². The van der Waals surface area contributed by atoms with E-state index in [4.69, 9.17) is 9.47 Å². The first-order valence-electron chi connectivity index (χ1n) is 7.15. The summed E-state index contributed by atoms with van der Waals surface area (Å²) in [6.45, 7) is -0.613. The fourth-order valence-electron chi connectivity index (χ4n) is 1.93. The Labute approximate surface area is 180 Å². The lowest BCUT2D eigenvalue weighted by molar-refractivity contribution is 0.0518. The highest BCUT2D eigenvalue weighted by Gasteiger charge is 2.21. The molecule has 11 heteroatoms. The van der Waals surface area contributed by atoms with Crippen molar-refractivity contribution in [2.24, 2.45) is 0 Å². The summed E-state index contributed by atoms with van der Waals surface area (Å²) in [7, 11) is -4.52. The van der Waals surface area contributed by atoms with Gasteiger partial charge in [0.25, 0.3) is 0 Å². The van der Waals surface area contributed by atoms with Crippen LogP contribution in [0.4, 0.5) is 0 Å². The van der Waals surface area contributed by atoms with Crippen LogP contribution < -0.4 is 4.74 Å². The van der Waals surface area contributed by atoms with E-state index in [0.29, 0.717) is 8.95 Å². The summed E-state index contributed by atoms with van der Waals surface area (Å²) in [5.41, 5.74) is -0.190. The van der Waals surface area contributed by atoms with Crippen LogP contribution in [0.25, 0.3) is 0 Å². The van der Waals surface area contributed by atoms with Crippen molar-refractivity contribution in [1.29, 1.82) is 0 Å². The first-order valence-corrected chi connectivity index (χ1v) is 11.1. The SMILES string of the molecule is O=C(OCCS(=O)(=O)[O-])c1ccccc1C(=O)Oc1c(Br)cc(Br)cc1Br. The molecule has 0 aliphatic rings. The van der Waals surface area contributed by atoms with E-state index in [1.165, 1.54) is 24.3 Å². The molecule has 144 valence electrons. The third kappa shape index (κ3) is 6.39. The third-order valence-corrected chi connectivity index (χ3v) is 5.39. The Morgan fingerprint density at radius 2 is 1.48 bits per heavy atom. The van der Waals surface area contributed by atoms with Crippen LogP contribution in [0.3, 0.4) is 0 Å². The number of hydrogen-bond acceptors (Lipinski definition) is 7. The average molecular weight is 586 g/mol. The Bertz CT molecular complexity index is 966. The van der Waals surface area contributed by atoms with Gasteiger partial charge in [0.15, 0.2) is 5.75 Å². The Kier molecular flexibility index (Phi) is 7.57. The minimum Gasteiger partial charge on any atom is -0.748 e. The van der Waals surface area contributed by atoms with Crippen LogP contribution >= 0.6 is 47.8 Å². The van der Waals surface area contributed by atoms with Gasteiger partial charge in [0.2, 0.25) is 0 Å². The predicted octanol–water partition coefficient (Wildman–Crippen LogP) is 3.90. The van der Waals surface area contributed by atoms with Crippen molar-refractivity contribution in [2.75, 3.05) is 12.4 Å². The molecule has 0 heterocycles. The number of rotatable bonds is 6. The number of hydrogen-bond donors (Lipinski definition) is 0. The predicted molar refractivity (Wildman–Crippen MR) is 106 cm³/mol. The first kappa shape index (κ1) is 22.0. The largest absolute Gasteiger partial charge is 0.748 e. The molecule has 0 saturated heterocycles. The van der Waals surface area contributed by atoms with E-state index in [9.17, 15) is 22.6 Å². The van der Waals surface area contributed by atoms with E-state index in [0.717, 1.165) is 4.47 Å². The maximum absolute atomic E-state index is 12.5. The Hall–Kier alpha value is -1.27. The normalized spacial score (nSPS) is 11.1. The van der Waals surface area contributed by atoms with Crippen molar-refractivity contribution < 1.29 is 32.0 Å². The molecule has 0 bridgehead atoms. The molecule has 0 aliphatic heterocycles. The number of benzene rings is 2. The third-order valence-electron chi connectivity index (χ3n) is 3.09. The van der Waals surface area contributed by atoms with Gasteiger partial charge in [-0.25, -0.2) is 18.0 Å². The molecule has 0 saturated carbocycles. The number of carbonyl (C=O) groups excluding carboxylic acids is 2. The van der Waals surface area contributed by atoms with Gasteiger partial charge in [-0.2, -0.15) is 0 Å². The second kappa shape index (κ2) is 9.28. The topological polar surface area (TPSA) is 110 Å². The minimum atomic E-state index is -4.52. The molecule has 0 amide bonds. The van der Waals surface area contributed by atoms with Gasteiger partial charge in [-0.15, -0.1) is 0 Å². The lowest BCUT2D eigenvalue weighted by Gasteiger charge is -2.12. The van der Waals surface area contributed by atoms with E-state index in [1.54, 1.807) is 12.1 Å². The van der Waals surface area contributed by atoms with Gasteiger partial charge in [-0.05, 0) is 56.1 Å². The average Bonchev–Trinajstić information content (AvgIpc) is 2.56. The fourth-order valence-corrected chi connectivity index (χ4v) is 4.64. The highest BCUT2D eigenvalue weighted by molar-refractivity contribution is 9.11. The number of ether oxygens (including phenoxy) is 2. The summed E-state index contributed by atoms with van der Waals surface area (Å²) in [5.74, 6) is -2.41. The fraction of sp³-hybridized carbons (Fsp3) is 0.125. The molecular formula is C16H10Br3O7S-. The van der Waals surface area contributed by atoms with Crippen LogP contribution in [0.5, 0.6) is 5.75 Å².